The van der Waals surface area contributed by atoms with Crippen molar-refractivity contribution in [1.29, 1.82) is 0 Å². The zero-order chi connectivity index (χ0) is 13.8. The van der Waals surface area contributed by atoms with E-state index in [9.17, 15) is 9.90 Å². The molecule has 0 bridgehead atoms. The van der Waals surface area contributed by atoms with Crippen LogP contribution in [-0.2, 0) is 5.75 Å². The van der Waals surface area contributed by atoms with Crippen LogP contribution in [0.2, 0.25) is 0 Å². The second kappa shape index (κ2) is 5.93. The molecule has 1 heterocycles. The number of rotatable bonds is 4. The molecule has 0 fully saturated rings. The van der Waals surface area contributed by atoms with E-state index in [1.807, 2.05) is 18.2 Å². The van der Waals surface area contributed by atoms with Gasteiger partial charge in [0.15, 0.2) is 0 Å². The van der Waals surface area contributed by atoms with E-state index in [2.05, 4.69) is 23.8 Å². The summed E-state index contributed by atoms with van der Waals surface area (Å²) in [6.45, 7) is 4.14. The molecule has 0 amide bonds. The molecular weight excluding hydrogens is 260 g/mol. The molecule has 1 aromatic carbocycles. The zero-order valence-electron chi connectivity index (χ0n) is 10.9. The Morgan fingerprint density at radius 3 is 2.58 bits per heavy atom. The lowest BCUT2D eigenvalue weighted by Crippen LogP contribution is -2.13. The van der Waals surface area contributed by atoms with E-state index in [0.29, 0.717) is 22.4 Å². The summed E-state index contributed by atoms with van der Waals surface area (Å²) in [7, 11) is 0. The van der Waals surface area contributed by atoms with E-state index in [1.165, 1.54) is 0 Å². The van der Waals surface area contributed by atoms with Gasteiger partial charge in [-0.15, -0.1) is 0 Å². The lowest BCUT2D eigenvalue weighted by atomic mass is 10.1. The molecule has 0 atom stereocenters. The highest BCUT2D eigenvalue weighted by molar-refractivity contribution is 7.99. The highest BCUT2D eigenvalue weighted by atomic mass is 32.2. The third-order valence-corrected chi connectivity index (χ3v) is 3.67. The molecule has 19 heavy (non-hydrogen) atoms. The van der Waals surface area contributed by atoms with Crippen molar-refractivity contribution in [2.75, 3.05) is 0 Å². The number of thioether (sulfide) groups is 1. The molecule has 0 saturated heterocycles. The monoisotopic (exact) mass is 276 g/mol. The van der Waals surface area contributed by atoms with Gasteiger partial charge < -0.3 is 10.1 Å². The molecule has 4 nitrogen and oxygen atoms in total. The second-order valence-corrected chi connectivity index (χ2v) is 6.00. The average Bonchev–Trinajstić information content (AvgIpc) is 2.37. The Hall–Kier alpha value is -1.75. The maximum Gasteiger partial charge on any atom is 0.262 e. The largest absolute Gasteiger partial charge is 0.493 e. The fourth-order valence-corrected chi connectivity index (χ4v) is 2.31. The number of hydrogen-bond acceptors (Lipinski definition) is 4. The van der Waals surface area contributed by atoms with Crippen LogP contribution >= 0.6 is 11.8 Å². The van der Waals surface area contributed by atoms with Crippen LogP contribution in [0.4, 0.5) is 0 Å². The molecule has 2 N–H and O–H groups in total. The summed E-state index contributed by atoms with van der Waals surface area (Å²) >= 11 is 1.66. The van der Waals surface area contributed by atoms with Gasteiger partial charge in [0.05, 0.1) is 5.75 Å². The van der Waals surface area contributed by atoms with Crippen molar-refractivity contribution in [3.63, 3.8) is 0 Å². The fraction of sp³-hybridized carbons (Fsp3) is 0.286. The van der Waals surface area contributed by atoms with E-state index >= 15 is 0 Å². The van der Waals surface area contributed by atoms with Gasteiger partial charge in [-0.3, -0.25) is 4.79 Å². The Morgan fingerprint density at radius 2 is 2.00 bits per heavy atom. The van der Waals surface area contributed by atoms with E-state index in [1.54, 1.807) is 23.9 Å². The summed E-state index contributed by atoms with van der Waals surface area (Å²) < 4.78 is 0. The predicted molar refractivity (Wildman–Crippen MR) is 78.4 cm³/mol. The first-order chi connectivity index (χ1) is 9.08. The molecule has 0 unspecified atom stereocenters. The van der Waals surface area contributed by atoms with E-state index < -0.39 is 0 Å². The highest BCUT2D eigenvalue weighted by Gasteiger charge is 2.12. The van der Waals surface area contributed by atoms with Gasteiger partial charge in [0.25, 0.3) is 5.56 Å². The Kier molecular flexibility index (Phi) is 4.27. The first-order valence-corrected chi connectivity index (χ1v) is 7.12. The first-order valence-electron chi connectivity index (χ1n) is 6.07. The number of aromatic amines is 1. The molecule has 0 saturated carbocycles. The van der Waals surface area contributed by atoms with E-state index in [4.69, 9.17) is 0 Å². The van der Waals surface area contributed by atoms with Crippen LogP contribution in [0.25, 0.3) is 11.1 Å². The summed E-state index contributed by atoms with van der Waals surface area (Å²) in [4.78, 5) is 18.8. The molecule has 1 aromatic heterocycles. The molecule has 5 heteroatoms. The van der Waals surface area contributed by atoms with Crippen molar-refractivity contribution in [2.45, 2.75) is 24.9 Å². The quantitative estimate of drug-likeness (QED) is 0.901. The average molecular weight is 276 g/mol. The third-order valence-electron chi connectivity index (χ3n) is 2.57. The number of H-pyrrole nitrogens is 1. The van der Waals surface area contributed by atoms with Crippen LogP contribution in [0.15, 0.2) is 35.1 Å². The van der Waals surface area contributed by atoms with Gasteiger partial charge >= 0.3 is 0 Å². The normalized spacial score (nSPS) is 10.9. The van der Waals surface area contributed by atoms with Crippen LogP contribution in [-0.4, -0.2) is 20.3 Å². The van der Waals surface area contributed by atoms with Crippen LogP contribution in [0.1, 0.15) is 19.7 Å². The summed E-state index contributed by atoms with van der Waals surface area (Å²) in [6.07, 6.45) is 0. The van der Waals surface area contributed by atoms with E-state index in [0.717, 1.165) is 0 Å². The molecule has 100 valence electrons. The maximum atomic E-state index is 12.0. The minimum absolute atomic E-state index is 0.214. The van der Waals surface area contributed by atoms with Crippen LogP contribution in [0.5, 0.6) is 5.88 Å². The molecule has 0 radical (unpaired) electrons. The standard InChI is InChI=1S/C14H16N2O2S/c1-9(2)19-8-11-15-13(17)12(14(18)16-11)10-6-4-3-5-7-10/h3-7,9H,8H2,1-2H3,(H2,15,16,17,18). The summed E-state index contributed by atoms with van der Waals surface area (Å²) in [6, 6.07) is 9.03. The third kappa shape index (κ3) is 3.38. The van der Waals surface area contributed by atoms with Gasteiger partial charge in [-0.25, -0.2) is 0 Å². The Labute approximate surface area is 115 Å². The van der Waals surface area contributed by atoms with Gasteiger partial charge in [0, 0.05) is 0 Å². The summed E-state index contributed by atoms with van der Waals surface area (Å²) in [5.41, 5.74) is 0.578. The van der Waals surface area contributed by atoms with Crippen molar-refractivity contribution in [3.8, 4) is 17.0 Å². The van der Waals surface area contributed by atoms with Gasteiger partial charge in [0.1, 0.15) is 11.4 Å². The molecule has 0 aliphatic heterocycles. The van der Waals surface area contributed by atoms with Gasteiger partial charge in [-0.2, -0.15) is 16.7 Å². The molecule has 0 spiro atoms. The van der Waals surface area contributed by atoms with Gasteiger partial charge in [0.2, 0.25) is 5.88 Å². The van der Waals surface area contributed by atoms with Gasteiger partial charge in [-0.05, 0) is 10.8 Å². The summed E-state index contributed by atoms with van der Waals surface area (Å²) in [5.74, 6) is 0.866. The van der Waals surface area contributed by atoms with Crippen molar-refractivity contribution >= 4 is 11.8 Å². The molecule has 2 aromatic rings. The Balaban J connectivity index is 2.36. The smallest absolute Gasteiger partial charge is 0.262 e. The number of nitrogens with zero attached hydrogens (tertiary/aromatic N) is 1. The molecule has 0 aliphatic rings. The minimum Gasteiger partial charge on any atom is -0.493 e. The maximum absolute atomic E-state index is 12.0. The minimum atomic E-state index is -0.307. The number of aromatic nitrogens is 2. The number of benzene rings is 1. The van der Waals surface area contributed by atoms with E-state index in [-0.39, 0.29) is 17.0 Å². The Bertz CT molecular complexity index is 609. The van der Waals surface area contributed by atoms with Crippen LogP contribution in [0.3, 0.4) is 0 Å². The second-order valence-electron chi connectivity index (χ2n) is 4.44. The summed E-state index contributed by atoms with van der Waals surface area (Å²) in [5, 5.41) is 10.4. The fourth-order valence-electron chi connectivity index (χ4n) is 1.69. The van der Waals surface area contributed by atoms with Crippen molar-refractivity contribution in [2.24, 2.45) is 0 Å². The Morgan fingerprint density at radius 1 is 1.32 bits per heavy atom. The highest BCUT2D eigenvalue weighted by Crippen LogP contribution is 2.23. The SMILES string of the molecule is CC(C)SCc1nc(O)c(-c2ccccc2)c(=O)[nH]1. The number of nitrogens with one attached hydrogen (secondary N) is 1. The number of hydrogen-bond donors (Lipinski definition) is 2. The first kappa shape index (κ1) is 13.7. The van der Waals surface area contributed by atoms with Crippen molar-refractivity contribution in [3.05, 3.63) is 46.5 Å². The lowest BCUT2D eigenvalue weighted by Gasteiger charge is -2.07. The zero-order valence-corrected chi connectivity index (χ0v) is 11.7. The predicted octanol–water partition coefficient (Wildman–Crippen LogP) is 2.78. The topological polar surface area (TPSA) is 66.0 Å². The molecule has 0 aliphatic carbocycles. The number of aromatic hydroxyl groups is 1. The van der Waals surface area contributed by atoms with Crippen LogP contribution < -0.4 is 5.56 Å². The molecule has 2 rings (SSSR count). The molecular formula is C14H16N2O2S. The van der Waals surface area contributed by atoms with Crippen LogP contribution in [0, 0.1) is 0 Å². The van der Waals surface area contributed by atoms with Gasteiger partial charge in [-0.1, -0.05) is 44.2 Å². The lowest BCUT2D eigenvalue weighted by molar-refractivity contribution is 0.451. The van der Waals surface area contributed by atoms with Crippen molar-refractivity contribution < 1.29 is 5.11 Å². The van der Waals surface area contributed by atoms with Crippen molar-refractivity contribution in [1.82, 2.24) is 9.97 Å².